The van der Waals surface area contributed by atoms with Crippen LogP contribution in [-0.2, 0) is 4.79 Å². The topological polar surface area (TPSA) is 49.3 Å². The Balaban J connectivity index is 2.28. The number of amides is 1. The molecule has 2 atom stereocenters. The summed E-state index contributed by atoms with van der Waals surface area (Å²) in [6, 6.07) is 0. The number of carbonyl (C=O) groups excluding carboxylic acids is 1. The first-order valence-electron chi connectivity index (χ1n) is 5.76. The van der Waals surface area contributed by atoms with Crippen LogP contribution in [0.25, 0.3) is 0 Å². The van der Waals surface area contributed by atoms with Crippen molar-refractivity contribution in [3.8, 4) is 0 Å². The zero-order chi connectivity index (χ0) is 11.1. The van der Waals surface area contributed by atoms with E-state index >= 15 is 0 Å². The van der Waals surface area contributed by atoms with Crippen LogP contribution in [-0.4, -0.2) is 24.2 Å². The molecule has 0 aliphatic heterocycles. The molecule has 0 saturated heterocycles. The second-order valence-electron chi connectivity index (χ2n) is 4.28. The van der Waals surface area contributed by atoms with Gasteiger partial charge in [-0.1, -0.05) is 18.9 Å². The van der Waals surface area contributed by atoms with Gasteiger partial charge in [-0.05, 0) is 24.7 Å². The molecule has 1 aliphatic carbocycles. The second kappa shape index (κ2) is 6.62. The van der Waals surface area contributed by atoms with Crippen molar-refractivity contribution in [2.75, 3.05) is 13.2 Å². The highest BCUT2D eigenvalue weighted by atomic mass is 16.3. The molecule has 0 spiro atoms. The zero-order valence-corrected chi connectivity index (χ0v) is 9.24. The van der Waals surface area contributed by atoms with Gasteiger partial charge in [0.15, 0.2) is 0 Å². The van der Waals surface area contributed by atoms with Gasteiger partial charge < -0.3 is 10.4 Å². The smallest absolute Gasteiger partial charge is 0.223 e. The van der Waals surface area contributed by atoms with Gasteiger partial charge in [0.05, 0.1) is 0 Å². The van der Waals surface area contributed by atoms with Crippen LogP contribution in [0.3, 0.4) is 0 Å². The van der Waals surface area contributed by atoms with Crippen LogP contribution in [0.15, 0.2) is 12.7 Å². The summed E-state index contributed by atoms with van der Waals surface area (Å²) in [5.74, 6) is 0.868. The van der Waals surface area contributed by atoms with Gasteiger partial charge in [0.2, 0.25) is 5.91 Å². The fourth-order valence-corrected chi connectivity index (χ4v) is 2.24. The molecule has 1 rings (SSSR count). The van der Waals surface area contributed by atoms with E-state index in [9.17, 15) is 9.90 Å². The van der Waals surface area contributed by atoms with E-state index in [-0.39, 0.29) is 12.5 Å². The number of aliphatic hydroxyl groups is 1. The molecule has 0 aromatic carbocycles. The first kappa shape index (κ1) is 12.2. The van der Waals surface area contributed by atoms with E-state index in [1.54, 1.807) is 6.08 Å². The summed E-state index contributed by atoms with van der Waals surface area (Å²) in [6.45, 7) is 4.48. The van der Waals surface area contributed by atoms with Crippen LogP contribution in [0, 0.1) is 11.8 Å². The van der Waals surface area contributed by atoms with Crippen LogP contribution in [0.2, 0.25) is 0 Å². The van der Waals surface area contributed by atoms with E-state index in [4.69, 9.17) is 0 Å². The summed E-state index contributed by atoms with van der Waals surface area (Å²) in [6.07, 6.45) is 6.65. The molecule has 1 fully saturated rings. The maximum atomic E-state index is 11.2. The van der Waals surface area contributed by atoms with Crippen molar-refractivity contribution in [3.63, 3.8) is 0 Å². The first-order valence-corrected chi connectivity index (χ1v) is 5.76. The second-order valence-corrected chi connectivity index (χ2v) is 4.28. The van der Waals surface area contributed by atoms with Gasteiger partial charge in [0, 0.05) is 19.6 Å². The normalized spacial score (nSPS) is 25.9. The largest absolute Gasteiger partial charge is 0.396 e. The third-order valence-corrected chi connectivity index (χ3v) is 3.19. The Morgan fingerprint density at radius 2 is 2.07 bits per heavy atom. The number of carbonyl (C=O) groups is 1. The van der Waals surface area contributed by atoms with Crippen LogP contribution in [0.5, 0.6) is 0 Å². The third kappa shape index (κ3) is 4.04. The van der Waals surface area contributed by atoms with Gasteiger partial charge in [0.25, 0.3) is 0 Å². The van der Waals surface area contributed by atoms with Crippen molar-refractivity contribution in [1.82, 2.24) is 5.32 Å². The molecular formula is C12H21NO2. The van der Waals surface area contributed by atoms with Gasteiger partial charge >= 0.3 is 0 Å². The highest BCUT2D eigenvalue weighted by Crippen LogP contribution is 2.28. The Bertz CT molecular complexity index is 216. The van der Waals surface area contributed by atoms with Crippen molar-refractivity contribution < 1.29 is 9.90 Å². The lowest BCUT2D eigenvalue weighted by molar-refractivity contribution is -0.120. The molecule has 1 aliphatic rings. The minimum atomic E-state index is 0.0345. The molecule has 0 bridgehead atoms. The van der Waals surface area contributed by atoms with Crippen LogP contribution in [0.1, 0.15) is 32.1 Å². The van der Waals surface area contributed by atoms with E-state index < -0.39 is 0 Å². The monoisotopic (exact) mass is 211 g/mol. The molecule has 0 radical (unpaired) electrons. The summed E-state index contributed by atoms with van der Waals surface area (Å²) in [5.41, 5.74) is 0. The fraction of sp³-hybridized carbons (Fsp3) is 0.750. The summed E-state index contributed by atoms with van der Waals surface area (Å²) >= 11 is 0. The molecule has 3 nitrogen and oxygen atoms in total. The maximum Gasteiger partial charge on any atom is 0.223 e. The lowest BCUT2D eigenvalue weighted by atomic mass is 9.79. The fourth-order valence-electron chi connectivity index (χ4n) is 2.24. The van der Waals surface area contributed by atoms with E-state index in [1.807, 2.05) is 0 Å². The van der Waals surface area contributed by atoms with Crippen LogP contribution < -0.4 is 5.32 Å². The van der Waals surface area contributed by atoms with Gasteiger partial charge in [0.1, 0.15) is 0 Å². The lowest BCUT2D eigenvalue weighted by Crippen LogP contribution is -2.35. The molecule has 2 unspecified atom stereocenters. The third-order valence-electron chi connectivity index (χ3n) is 3.19. The first-order chi connectivity index (χ1) is 7.27. The van der Waals surface area contributed by atoms with E-state index in [2.05, 4.69) is 11.9 Å². The van der Waals surface area contributed by atoms with Crippen molar-refractivity contribution in [1.29, 1.82) is 0 Å². The lowest BCUT2D eigenvalue weighted by Gasteiger charge is -2.30. The van der Waals surface area contributed by atoms with Gasteiger partial charge in [-0.15, -0.1) is 6.58 Å². The molecule has 1 saturated carbocycles. The number of rotatable bonds is 5. The molecule has 2 N–H and O–H groups in total. The zero-order valence-electron chi connectivity index (χ0n) is 9.24. The molecule has 0 aromatic rings. The van der Waals surface area contributed by atoms with Gasteiger partial charge in [-0.25, -0.2) is 0 Å². The minimum absolute atomic E-state index is 0.0345. The summed E-state index contributed by atoms with van der Waals surface area (Å²) in [7, 11) is 0. The SMILES string of the molecule is C=CCC(=O)NCC1CCCCC1CO. The van der Waals surface area contributed by atoms with Crippen molar-refractivity contribution in [2.24, 2.45) is 11.8 Å². The average molecular weight is 211 g/mol. The summed E-state index contributed by atoms with van der Waals surface area (Å²) in [5, 5.41) is 12.1. The highest BCUT2D eigenvalue weighted by molar-refractivity contribution is 5.77. The van der Waals surface area contributed by atoms with Crippen LogP contribution in [0.4, 0.5) is 0 Å². The predicted octanol–water partition coefficient (Wildman–Crippen LogP) is 1.48. The Morgan fingerprint density at radius 3 is 2.67 bits per heavy atom. The average Bonchev–Trinajstić information content (AvgIpc) is 2.27. The standard InChI is InChI=1S/C12H21NO2/c1-2-5-12(15)13-8-10-6-3-4-7-11(10)9-14/h2,10-11,14H,1,3-9H2,(H,13,15). The summed E-state index contributed by atoms with van der Waals surface area (Å²) < 4.78 is 0. The van der Waals surface area contributed by atoms with Crippen molar-refractivity contribution >= 4 is 5.91 Å². The highest BCUT2D eigenvalue weighted by Gasteiger charge is 2.24. The molecule has 0 heterocycles. The number of nitrogens with one attached hydrogen (secondary N) is 1. The molecule has 86 valence electrons. The van der Waals surface area contributed by atoms with Gasteiger partial charge in [-0.2, -0.15) is 0 Å². The number of aliphatic hydroxyl groups excluding tert-OH is 1. The Morgan fingerprint density at radius 1 is 1.40 bits per heavy atom. The van der Waals surface area contributed by atoms with E-state index in [0.29, 0.717) is 24.8 Å². The molecule has 1 amide bonds. The van der Waals surface area contributed by atoms with E-state index in [1.165, 1.54) is 12.8 Å². The molecule has 15 heavy (non-hydrogen) atoms. The minimum Gasteiger partial charge on any atom is -0.396 e. The van der Waals surface area contributed by atoms with Crippen molar-refractivity contribution in [2.45, 2.75) is 32.1 Å². The Labute approximate surface area is 91.6 Å². The summed E-state index contributed by atoms with van der Waals surface area (Å²) in [4.78, 5) is 11.2. The molecule has 0 aromatic heterocycles. The number of hydrogen-bond donors (Lipinski definition) is 2. The Kier molecular flexibility index (Phi) is 5.40. The molecular weight excluding hydrogens is 190 g/mol. The maximum absolute atomic E-state index is 11.2. The van der Waals surface area contributed by atoms with Gasteiger partial charge in [-0.3, -0.25) is 4.79 Å². The Hall–Kier alpha value is -0.830. The van der Waals surface area contributed by atoms with Crippen molar-refractivity contribution in [3.05, 3.63) is 12.7 Å². The van der Waals surface area contributed by atoms with E-state index in [0.717, 1.165) is 12.8 Å². The predicted molar refractivity (Wildman–Crippen MR) is 60.4 cm³/mol. The quantitative estimate of drug-likeness (QED) is 0.677. The number of hydrogen-bond acceptors (Lipinski definition) is 2. The molecule has 3 heteroatoms. The van der Waals surface area contributed by atoms with Crippen LogP contribution >= 0.6 is 0 Å².